The summed E-state index contributed by atoms with van der Waals surface area (Å²) in [5, 5.41) is 6.48. The van der Waals surface area contributed by atoms with Crippen LogP contribution in [0.5, 0.6) is 0 Å². The largest absolute Gasteiger partial charge is 0.378 e. The molecule has 0 radical (unpaired) electrons. The van der Waals surface area contributed by atoms with E-state index >= 15 is 0 Å². The molecule has 0 bridgehead atoms. The zero-order chi connectivity index (χ0) is 14.4. The van der Waals surface area contributed by atoms with Crippen molar-refractivity contribution in [2.45, 2.75) is 51.6 Å². The van der Waals surface area contributed by atoms with Gasteiger partial charge in [0.1, 0.15) is 17.5 Å². The number of ether oxygens (including phenoxy) is 1. The Bertz CT molecular complexity index is 416. The fourth-order valence-corrected chi connectivity index (χ4v) is 2.34. The topological polar surface area (TPSA) is 59.1 Å². The molecule has 1 saturated heterocycles. The van der Waals surface area contributed by atoms with Crippen LogP contribution < -0.4 is 10.6 Å². The van der Waals surface area contributed by atoms with Crippen LogP contribution in [0, 0.1) is 0 Å². The molecule has 1 aliphatic rings. The Morgan fingerprint density at radius 3 is 2.75 bits per heavy atom. The van der Waals surface area contributed by atoms with Crippen molar-refractivity contribution in [2.75, 3.05) is 30.8 Å². The van der Waals surface area contributed by atoms with Crippen LogP contribution in [0.4, 0.5) is 11.6 Å². The fraction of sp³-hybridized carbons (Fsp3) is 0.733. The van der Waals surface area contributed by atoms with Gasteiger partial charge in [0.15, 0.2) is 0 Å². The van der Waals surface area contributed by atoms with Crippen molar-refractivity contribution >= 4 is 11.6 Å². The molecule has 1 aliphatic heterocycles. The quantitative estimate of drug-likeness (QED) is 0.837. The molecular formula is C15H26N4O. The average molecular weight is 278 g/mol. The molecule has 0 aliphatic carbocycles. The summed E-state index contributed by atoms with van der Waals surface area (Å²) in [5.74, 6) is 2.95. The monoisotopic (exact) mass is 278 g/mol. The number of nitrogens with zero attached hydrogens (tertiary/aromatic N) is 2. The van der Waals surface area contributed by atoms with Gasteiger partial charge >= 0.3 is 0 Å². The fourth-order valence-electron chi connectivity index (χ4n) is 2.34. The SMILES string of the molecule is CNc1cc(NCCC2CCCCO2)nc(C(C)C)n1. The van der Waals surface area contributed by atoms with E-state index in [1.54, 1.807) is 0 Å². The normalized spacial score (nSPS) is 19.1. The van der Waals surface area contributed by atoms with Crippen molar-refractivity contribution in [3.05, 3.63) is 11.9 Å². The average Bonchev–Trinajstić information content (AvgIpc) is 2.48. The maximum absolute atomic E-state index is 5.74. The van der Waals surface area contributed by atoms with E-state index in [4.69, 9.17) is 4.74 Å². The predicted molar refractivity (Wildman–Crippen MR) is 82.4 cm³/mol. The van der Waals surface area contributed by atoms with Crippen LogP contribution in [-0.4, -0.2) is 36.3 Å². The molecule has 2 rings (SSSR count). The van der Waals surface area contributed by atoms with Crippen molar-refractivity contribution in [3.8, 4) is 0 Å². The first-order chi connectivity index (χ1) is 9.69. The highest BCUT2D eigenvalue weighted by molar-refractivity contribution is 5.47. The lowest BCUT2D eigenvalue weighted by Gasteiger charge is -2.22. The number of hydrogen-bond donors (Lipinski definition) is 2. The highest BCUT2D eigenvalue weighted by Crippen LogP contribution is 2.18. The van der Waals surface area contributed by atoms with Crippen molar-refractivity contribution < 1.29 is 4.74 Å². The summed E-state index contributed by atoms with van der Waals surface area (Å²) < 4.78 is 5.74. The summed E-state index contributed by atoms with van der Waals surface area (Å²) in [7, 11) is 1.88. The van der Waals surface area contributed by atoms with Gasteiger partial charge in [0.2, 0.25) is 0 Å². The van der Waals surface area contributed by atoms with Gasteiger partial charge in [0, 0.05) is 32.2 Å². The Morgan fingerprint density at radius 1 is 1.30 bits per heavy atom. The highest BCUT2D eigenvalue weighted by atomic mass is 16.5. The van der Waals surface area contributed by atoms with Crippen molar-refractivity contribution in [2.24, 2.45) is 0 Å². The Hall–Kier alpha value is -1.36. The molecule has 0 spiro atoms. The van der Waals surface area contributed by atoms with Crippen LogP contribution in [0.3, 0.4) is 0 Å². The molecule has 1 atom stereocenters. The molecule has 5 nitrogen and oxygen atoms in total. The standard InChI is InChI=1S/C15H26N4O/c1-11(2)15-18-13(16-3)10-14(19-15)17-8-7-12-6-4-5-9-20-12/h10-12H,4-9H2,1-3H3,(H2,16,17,18,19). The second kappa shape index (κ2) is 7.43. The molecule has 1 fully saturated rings. The second-order valence-corrected chi connectivity index (χ2v) is 5.61. The summed E-state index contributed by atoms with van der Waals surface area (Å²) in [6, 6.07) is 1.95. The number of rotatable bonds is 6. The molecule has 0 aromatic carbocycles. The van der Waals surface area contributed by atoms with Crippen LogP contribution in [0.25, 0.3) is 0 Å². The minimum Gasteiger partial charge on any atom is -0.378 e. The Labute approximate surface area is 121 Å². The van der Waals surface area contributed by atoms with E-state index in [-0.39, 0.29) is 0 Å². The first kappa shape index (κ1) is 15.0. The Balaban J connectivity index is 1.89. The Morgan fingerprint density at radius 2 is 2.10 bits per heavy atom. The predicted octanol–water partition coefficient (Wildman–Crippen LogP) is 3.01. The maximum atomic E-state index is 5.74. The van der Waals surface area contributed by atoms with Gasteiger partial charge < -0.3 is 15.4 Å². The van der Waals surface area contributed by atoms with Crippen LogP contribution in [0.2, 0.25) is 0 Å². The number of nitrogens with one attached hydrogen (secondary N) is 2. The molecule has 20 heavy (non-hydrogen) atoms. The number of hydrogen-bond acceptors (Lipinski definition) is 5. The molecule has 0 amide bonds. The summed E-state index contributed by atoms with van der Waals surface area (Å²) in [6.45, 7) is 6.02. The van der Waals surface area contributed by atoms with Gasteiger partial charge in [-0.2, -0.15) is 0 Å². The van der Waals surface area contributed by atoms with Gasteiger partial charge in [-0.15, -0.1) is 0 Å². The molecule has 0 saturated carbocycles. The number of aromatic nitrogens is 2. The molecule has 2 heterocycles. The lowest BCUT2D eigenvalue weighted by Crippen LogP contribution is -2.22. The lowest BCUT2D eigenvalue weighted by molar-refractivity contribution is 0.0134. The maximum Gasteiger partial charge on any atom is 0.135 e. The molecule has 1 aromatic heterocycles. The van der Waals surface area contributed by atoms with Crippen molar-refractivity contribution in [1.82, 2.24) is 9.97 Å². The summed E-state index contributed by atoms with van der Waals surface area (Å²) in [4.78, 5) is 9.02. The van der Waals surface area contributed by atoms with E-state index in [1.165, 1.54) is 19.3 Å². The first-order valence-electron chi connectivity index (χ1n) is 7.61. The van der Waals surface area contributed by atoms with Crippen LogP contribution >= 0.6 is 0 Å². The van der Waals surface area contributed by atoms with E-state index in [9.17, 15) is 0 Å². The molecule has 5 heteroatoms. The van der Waals surface area contributed by atoms with Gasteiger partial charge in [-0.05, 0) is 25.7 Å². The van der Waals surface area contributed by atoms with Gasteiger partial charge in [0.25, 0.3) is 0 Å². The first-order valence-corrected chi connectivity index (χ1v) is 7.61. The smallest absolute Gasteiger partial charge is 0.135 e. The molecule has 1 unspecified atom stereocenters. The molecule has 2 N–H and O–H groups in total. The third-order valence-electron chi connectivity index (χ3n) is 3.56. The van der Waals surface area contributed by atoms with Gasteiger partial charge in [-0.25, -0.2) is 9.97 Å². The third kappa shape index (κ3) is 4.34. The zero-order valence-electron chi connectivity index (χ0n) is 12.8. The van der Waals surface area contributed by atoms with E-state index in [0.717, 1.165) is 37.0 Å². The Kier molecular flexibility index (Phi) is 5.59. The molecular weight excluding hydrogens is 252 g/mol. The minimum absolute atomic E-state index is 0.325. The van der Waals surface area contributed by atoms with Gasteiger partial charge in [-0.3, -0.25) is 0 Å². The van der Waals surface area contributed by atoms with Crippen molar-refractivity contribution in [3.63, 3.8) is 0 Å². The van der Waals surface area contributed by atoms with Gasteiger partial charge in [-0.1, -0.05) is 13.8 Å². The van der Waals surface area contributed by atoms with Gasteiger partial charge in [0.05, 0.1) is 6.10 Å². The summed E-state index contributed by atoms with van der Waals surface area (Å²) >= 11 is 0. The van der Waals surface area contributed by atoms with Crippen LogP contribution in [-0.2, 0) is 4.74 Å². The third-order valence-corrected chi connectivity index (χ3v) is 3.56. The van der Waals surface area contributed by atoms with E-state index in [0.29, 0.717) is 12.0 Å². The number of anilines is 2. The lowest BCUT2D eigenvalue weighted by atomic mass is 10.1. The highest BCUT2D eigenvalue weighted by Gasteiger charge is 2.13. The molecule has 112 valence electrons. The summed E-state index contributed by atoms with van der Waals surface area (Å²) in [6.07, 6.45) is 5.13. The van der Waals surface area contributed by atoms with E-state index in [1.807, 2.05) is 13.1 Å². The summed E-state index contributed by atoms with van der Waals surface area (Å²) in [5.41, 5.74) is 0. The van der Waals surface area contributed by atoms with Crippen LogP contribution in [0.15, 0.2) is 6.07 Å². The second-order valence-electron chi connectivity index (χ2n) is 5.61. The zero-order valence-corrected chi connectivity index (χ0v) is 12.8. The minimum atomic E-state index is 0.325. The molecule has 1 aromatic rings. The van der Waals surface area contributed by atoms with Crippen molar-refractivity contribution in [1.29, 1.82) is 0 Å². The van der Waals surface area contributed by atoms with Crippen LogP contribution in [0.1, 0.15) is 51.3 Å². The van der Waals surface area contributed by atoms with E-state index < -0.39 is 0 Å². The van der Waals surface area contributed by atoms with E-state index in [2.05, 4.69) is 34.4 Å².